The van der Waals surface area contributed by atoms with E-state index in [2.05, 4.69) is 48.4 Å². The first-order chi connectivity index (χ1) is 7.74. The molecule has 0 radical (unpaired) electrons. The molecule has 0 heterocycles. The third-order valence-corrected chi connectivity index (χ3v) is 2.64. The normalized spacial score (nSPS) is 12.4. The van der Waals surface area contributed by atoms with Gasteiger partial charge in [-0.25, -0.2) is 0 Å². The number of likely N-dealkylation sites (N-methyl/N-ethyl adjacent to an activating group) is 1. The van der Waals surface area contributed by atoms with Crippen molar-refractivity contribution < 1.29 is 0 Å². The molecule has 16 heavy (non-hydrogen) atoms. The standard InChI is InChI=1S/C14H22N2/c1-12(2)14(16-10-9-15-3)11-13-7-5-4-6-8-13/h4-8,14-16H,1,9-11H2,2-3H3. The largest absolute Gasteiger partial charge is 0.318 e. The van der Waals surface area contributed by atoms with E-state index in [1.54, 1.807) is 0 Å². The molecule has 1 atom stereocenters. The molecule has 0 bridgehead atoms. The topological polar surface area (TPSA) is 24.1 Å². The van der Waals surface area contributed by atoms with Crippen molar-refractivity contribution in [2.45, 2.75) is 19.4 Å². The van der Waals surface area contributed by atoms with Crippen LogP contribution in [0.1, 0.15) is 12.5 Å². The third kappa shape index (κ3) is 4.60. The van der Waals surface area contributed by atoms with E-state index in [-0.39, 0.29) is 0 Å². The maximum absolute atomic E-state index is 4.05. The van der Waals surface area contributed by atoms with Crippen LogP contribution in [-0.4, -0.2) is 26.2 Å². The molecule has 0 aliphatic heterocycles. The van der Waals surface area contributed by atoms with Crippen LogP contribution in [0.2, 0.25) is 0 Å². The molecule has 1 unspecified atom stereocenters. The van der Waals surface area contributed by atoms with Crippen molar-refractivity contribution in [1.29, 1.82) is 0 Å². The number of nitrogens with one attached hydrogen (secondary N) is 2. The lowest BCUT2D eigenvalue weighted by atomic mass is 10.0. The zero-order valence-corrected chi connectivity index (χ0v) is 10.3. The van der Waals surface area contributed by atoms with Gasteiger partial charge in [0, 0.05) is 19.1 Å². The molecule has 1 aromatic carbocycles. The van der Waals surface area contributed by atoms with Gasteiger partial charge in [0.1, 0.15) is 0 Å². The number of hydrogen-bond acceptors (Lipinski definition) is 2. The SMILES string of the molecule is C=C(C)C(Cc1ccccc1)NCCNC. The fourth-order valence-corrected chi connectivity index (χ4v) is 1.64. The molecule has 0 saturated carbocycles. The molecule has 0 amide bonds. The van der Waals surface area contributed by atoms with E-state index in [0.717, 1.165) is 19.5 Å². The van der Waals surface area contributed by atoms with Crippen LogP contribution < -0.4 is 10.6 Å². The molecule has 0 aliphatic carbocycles. The molecule has 0 spiro atoms. The lowest BCUT2D eigenvalue weighted by molar-refractivity contribution is 0.557. The summed E-state index contributed by atoms with van der Waals surface area (Å²) in [6.07, 6.45) is 1.01. The Labute approximate surface area is 98.8 Å². The predicted molar refractivity (Wildman–Crippen MR) is 70.7 cm³/mol. The van der Waals surface area contributed by atoms with E-state index in [1.807, 2.05) is 13.1 Å². The second-order valence-electron chi connectivity index (χ2n) is 4.15. The Bertz CT molecular complexity index is 306. The van der Waals surface area contributed by atoms with Gasteiger partial charge in [-0.15, -0.1) is 0 Å². The van der Waals surface area contributed by atoms with Crippen LogP contribution in [-0.2, 0) is 6.42 Å². The molecule has 2 heteroatoms. The highest BCUT2D eigenvalue weighted by Crippen LogP contribution is 2.08. The van der Waals surface area contributed by atoms with Crippen molar-refractivity contribution in [2.24, 2.45) is 0 Å². The minimum atomic E-state index is 0.371. The minimum Gasteiger partial charge on any atom is -0.318 e. The third-order valence-electron chi connectivity index (χ3n) is 2.64. The van der Waals surface area contributed by atoms with Crippen LogP contribution in [0.3, 0.4) is 0 Å². The summed E-state index contributed by atoms with van der Waals surface area (Å²) in [6, 6.07) is 10.9. The van der Waals surface area contributed by atoms with Crippen molar-refractivity contribution in [2.75, 3.05) is 20.1 Å². The first-order valence-corrected chi connectivity index (χ1v) is 5.81. The molecule has 0 aliphatic rings. The summed E-state index contributed by atoms with van der Waals surface area (Å²) in [6.45, 7) is 8.09. The summed E-state index contributed by atoms with van der Waals surface area (Å²) >= 11 is 0. The van der Waals surface area contributed by atoms with Gasteiger partial charge in [-0.2, -0.15) is 0 Å². The second-order valence-corrected chi connectivity index (χ2v) is 4.15. The van der Waals surface area contributed by atoms with Crippen molar-refractivity contribution >= 4 is 0 Å². The van der Waals surface area contributed by atoms with E-state index in [9.17, 15) is 0 Å². The van der Waals surface area contributed by atoms with Crippen LogP contribution in [0.25, 0.3) is 0 Å². The van der Waals surface area contributed by atoms with Gasteiger partial charge in [0.05, 0.1) is 0 Å². The van der Waals surface area contributed by atoms with Gasteiger partial charge in [-0.05, 0) is 26.0 Å². The van der Waals surface area contributed by atoms with E-state index in [0.29, 0.717) is 6.04 Å². The Morgan fingerprint density at radius 1 is 1.25 bits per heavy atom. The van der Waals surface area contributed by atoms with Gasteiger partial charge in [-0.3, -0.25) is 0 Å². The van der Waals surface area contributed by atoms with E-state index in [4.69, 9.17) is 0 Å². The zero-order chi connectivity index (χ0) is 11.8. The first kappa shape index (κ1) is 12.9. The summed E-state index contributed by atoms with van der Waals surface area (Å²) in [7, 11) is 1.97. The highest BCUT2D eigenvalue weighted by Gasteiger charge is 2.08. The summed E-state index contributed by atoms with van der Waals surface area (Å²) in [5.41, 5.74) is 2.55. The summed E-state index contributed by atoms with van der Waals surface area (Å²) in [5, 5.41) is 6.64. The first-order valence-electron chi connectivity index (χ1n) is 5.81. The van der Waals surface area contributed by atoms with Gasteiger partial charge in [-0.1, -0.05) is 42.5 Å². The quantitative estimate of drug-likeness (QED) is 0.540. The smallest absolute Gasteiger partial charge is 0.0315 e. The number of benzene rings is 1. The molecular formula is C14H22N2. The van der Waals surface area contributed by atoms with Crippen LogP contribution in [0.15, 0.2) is 42.5 Å². The molecule has 0 aromatic heterocycles. The lowest BCUT2D eigenvalue weighted by Gasteiger charge is -2.19. The Balaban J connectivity index is 2.48. The van der Waals surface area contributed by atoms with Crippen molar-refractivity contribution in [3.8, 4) is 0 Å². The van der Waals surface area contributed by atoms with Crippen molar-refractivity contribution in [3.05, 3.63) is 48.0 Å². The van der Waals surface area contributed by atoms with E-state index in [1.165, 1.54) is 11.1 Å². The maximum atomic E-state index is 4.05. The highest BCUT2D eigenvalue weighted by molar-refractivity contribution is 5.19. The Kier molecular flexibility index (Phi) is 5.83. The van der Waals surface area contributed by atoms with Gasteiger partial charge in [0.2, 0.25) is 0 Å². The van der Waals surface area contributed by atoms with Crippen LogP contribution in [0.5, 0.6) is 0 Å². The molecule has 2 nitrogen and oxygen atoms in total. The molecule has 0 saturated heterocycles. The fraction of sp³-hybridized carbons (Fsp3) is 0.429. The molecule has 1 aromatic rings. The Hall–Kier alpha value is -1.12. The Morgan fingerprint density at radius 3 is 2.50 bits per heavy atom. The maximum Gasteiger partial charge on any atom is 0.0315 e. The molecule has 1 rings (SSSR count). The zero-order valence-electron chi connectivity index (χ0n) is 10.3. The average Bonchev–Trinajstić information content (AvgIpc) is 2.29. The number of rotatable bonds is 7. The van der Waals surface area contributed by atoms with Crippen LogP contribution >= 0.6 is 0 Å². The van der Waals surface area contributed by atoms with Crippen molar-refractivity contribution in [1.82, 2.24) is 10.6 Å². The molecule has 88 valence electrons. The predicted octanol–water partition coefficient (Wildman–Crippen LogP) is 1.98. The Morgan fingerprint density at radius 2 is 1.94 bits per heavy atom. The van der Waals surface area contributed by atoms with E-state index >= 15 is 0 Å². The van der Waals surface area contributed by atoms with E-state index < -0.39 is 0 Å². The average molecular weight is 218 g/mol. The summed E-state index contributed by atoms with van der Waals surface area (Å²) in [5.74, 6) is 0. The van der Waals surface area contributed by atoms with Crippen LogP contribution in [0, 0.1) is 0 Å². The monoisotopic (exact) mass is 218 g/mol. The van der Waals surface area contributed by atoms with Gasteiger partial charge >= 0.3 is 0 Å². The number of hydrogen-bond donors (Lipinski definition) is 2. The lowest BCUT2D eigenvalue weighted by Crippen LogP contribution is -2.36. The van der Waals surface area contributed by atoms with Crippen molar-refractivity contribution in [3.63, 3.8) is 0 Å². The summed E-state index contributed by atoms with van der Waals surface area (Å²) in [4.78, 5) is 0. The fourth-order valence-electron chi connectivity index (χ4n) is 1.64. The molecular weight excluding hydrogens is 196 g/mol. The van der Waals surface area contributed by atoms with Gasteiger partial charge in [0.15, 0.2) is 0 Å². The highest BCUT2D eigenvalue weighted by atomic mass is 14.9. The summed E-state index contributed by atoms with van der Waals surface area (Å²) < 4.78 is 0. The minimum absolute atomic E-state index is 0.371. The molecule has 2 N–H and O–H groups in total. The van der Waals surface area contributed by atoms with Gasteiger partial charge < -0.3 is 10.6 Å². The molecule has 0 fully saturated rings. The van der Waals surface area contributed by atoms with Gasteiger partial charge in [0.25, 0.3) is 0 Å². The van der Waals surface area contributed by atoms with Crippen LogP contribution in [0.4, 0.5) is 0 Å². The second kappa shape index (κ2) is 7.20.